The van der Waals surface area contributed by atoms with Crippen LogP contribution in [0.25, 0.3) is 0 Å². The molecule has 4 nitrogen and oxygen atoms in total. The van der Waals surface area contributed by atoms with Crippen molar-refractivity contribution in [1.82, 2.24) is 14.7 Å². The van der Waals surface area contributed by atoms with E-state index in [9.17, 15) is 13.2 Å². The van der Waals surface area contributed by atoms with Gasteiger partial charge in [0.15, 0.2) is 0 Å². The molecular formula is C14H22F3N3O. The van der Waals surface area contributed by atoms with E-state index in [4.69, 9.17) is 5.11 Å². The lowest BCUT2D eigenvalue weighted by atomic mass is 9.95. The Morgan fingerprint density at radius 2 is 2.14 bits per heavy atom. The summed E-state index contributed by atoms with van der Waals surface area (Å²) in [6.45, 7) is 2.66. The molecule has 2 rings (SSSR count). The summed E-state index contributed by atoms with van der Waals surface area (Å²) in [5, 5.41) is 13.3. The highest BCUT2D eigenvalue weighted by molar-refractivity contribution is 5.08. The Bertz CT molecular complexity index is 433. The van der Waals surface area contributed by atoms with Crippen LogP contribution in [0.5, 0.6) is 0 Å². The molecule has 1 N–H and O–H groups in total. The second-order valence-corrected chi connectivity index (χ2v) is 5.59. The summed E-state index contributed by atoms with van der Waals surface area (Å²) in [7, 11) is 0. The van der Waals surface area contributed by atoms with Gasteiger partial charge in [0.25, 0.3) is 0 Å². The molecule has 0 saturated carbocycles. The van der Waals surface area contributed by atoms with Crippen LogP contribution in [0.2, 0.25) is 0 Å². The van der Waals surface area contributed by atoms with Gasteiger partial charge in [-0.05, 0) is 38.4 Å². The Kier molecular flexibility index (Phi) is 5.64. The van der Waals surface area contributed by atoms with Gasteiger partial charge in [-0.25, -0.2) is 0 Å². The highest BCUT2D eigenvalue weighted by Gasteiger charge is 2.28. The molecule has 120 valence electrons. The Morgan fingerprint density at radius 1 is 1.33 bits per heavy atom. The summed E-state index contributed by atoms with van der Waals surface area (Å²) in [6, 6.07) is 1.94. The van der Waals surface area contributed by atoms with Crippen LogP contribution in [0.3, 0.4) is 0 Å². The van der Waals surface area contributed by atoms with Crippen molar-refractivity contribution in [2.24, 2.45) is 0 Å². The van der Waals surface area contributed by atoms with Crippen molar-refractivity contribution >= 4 is 0 Å². The van der Waals surface area contributed by atoms with E-state index < -0.39 is 12.6 Å². The summed E-state index contributed by atoms with van der Waals surface area (Å²) < 4.78 is 38.2. The first-order valence-corrected chi connectivity index (χ1v) is 7.41. The third-order valence-electron chi connectivity index (χ3n) is 3.85. The van der Waals surface area contributed by atoms with E-state index in [-0.39, 0.29) is 18.9 Å². The number of aromatic nitrogens is 2. The molecular weight excluding hydrogens is 283 g/mol. The molecule has 1 aromatic rings. The topological polar surface area (TPSA) is 41.3 Å². The van der Waals surface area contributed by atoms with Gasteiger partial charge < -0.3 is 10.0 Å². The summed E-state index contributed by atoms with van der Waals surface area (Å²) >= 11 is 0. The van der Waals surface area contributed by atoms with Crippen molar-refractivity contribution in [3.05, 3.63) is 18.0 Å². The molecule has 2 heterocycles. The fourth-order valence-corrected chi connectivity index (χ4v) is 2.83. The highest BCUT2D eigenvalue weighted by atomic mass is 19.4. The van der Waals surface area contributed by atoms with E-state index in [1.165, 1.54) is 0 Å². The van der Waals surface area contributed by atoms with Gasteiger partial charge in [-0.2, -0.15) is 18.3 Å². The van der Waals surface area contributed by atoms with Crippen LogP contribution in [-0.2, 0) is 6.54 Å². The summed E-state index contributed by atoms with van der Waals surface area (Å²) in [4.78, 5) is 2.10. The molecule has 1 fully saturated rings. The van der Waals surface area contributed by atoms with Crippen LogP contribution in [-0.4, -0.2) is 52.2 Å². The lowest BCUT2D eigenvalue weighted by Gasteiger charge is -2.32. The normalized spacial score (nSPS) is 20.9. The molecule has 0 bridgehead atoms. The molecule has 1 atom stereocenters. The molecule has 0 unspecified atom stereocenters. The third kappa shape index (κ3) is 5.32. The molecule has 0 aromatic carbocycles. The lowest BCUT2D eigenvalue weighted by Crippen LogP contribution is -2.35. The van der Waals surface area contributed by atoms with Gasteiger partial charge in [0.05, 0.1) is 18.8 Å². The zero-order valence-electron chi connectivity index (χ0n) is 12.0. The van der Waals surface area contributed by atoms with E-state index >= 15 is 0 Å². The average Bonchev–Trinajstić information content (AvgIpc) is 2.87. The minimum atomic E-state index is -4.06. The zero-order valence-corrected chi connectivity index (χ0v) is 12.0. The smallest absolute Gasteiger partial charge is 0.389 e. The van der Waals surface area contributed by atoms with Crippen molar-refractivity contribution < 1.29 is 18.3 Å². The van der Waals surface area contributed by atoms with Gasteiger partial charge in [0.1, 0.15) is 0 Å². The van der Waals surface area contributed by atoms with Crippen molar-refractivity contribution in [2.75, 3.05) is 26.2 Å². The van der Waals surface area contributed by atoms with Crippen molar-refractivity contribution in [2.45, 2.75) is 44.3 Å². The Labute approximate surface area is 122 Å². The second kappa shape index (κ2) is 7.26. The largest absolute Gasteiger partial charge is 0.394 e. The molecule has 0 radical (unpaired) electrons. The van der Waals surface area contributed by atoms with Crippen LogP contribution in [0.4, 0.5) is 13.2 Å². The zero-order chi connectivity index (χ0) is 15.3. The standard InChI is InChI=1S/C14H22F3N3O/c15-14(16,17)5-2-7-19-6-1-3-12(11-19)13-4-8-20(18-13)9-10-21/h4,8,12,21H,1-3,5-7,9-11H2/t12-/m0/s1. The second-order valence-electron chi connectivity index (χ2n) is 5.59. The van der Waals surface area contributed by atoms with E-state index in [0.717, 1.165) is 31.6 Å². The maximum absolute atomic E-state index is 12.2. The number of hydrogen-bond donors (Lipinski definition) is 1. The number of aliphatic hydroxyl groups is 1. The predicted molar refractivity (Wildman–Crippen MR) is 73.0 cm³/mol. The van der Waals surface area contributed by atoms with Crippen LogP contribution in [0.1, 0.15) is 37.3 Å². The number of likely N-dealkylation sites (tertiary alicyclic amines) is 1. The maximum atomic E-state index is 12.2. The van der Waals surface area contributed by atoms with Gasteiger partial charge in [-0.1, -0.05) is 0 Å². The molecule has 1 aromatic heterocycles. The number of alkyl halides is 3. The summed E-state index contributed by atoms with van der Waals surface area (Å²) in [5.74, 6) is 0.282. The van der Waals surface area contributed by atoms with Crippen molar-refractivity contribution in [1.29, 1.82) is 0 Å². The SMILES string of the molecule is OCCn1ccc([C@H]2CCCN(CCCC(F)(F)F)C2)n1. The van der Waals surface area contributed by atoms with E-state index in [0.29, 0.717) is 13.1 Å². The Morgan fingerprint density at radius 3 is 2.86 bits per heavy atom. The number of piperidine rings is 1. The van der Waals surface area contributed by atoms with Crippen LogP contribution >= 0.6 is 0 Å². The van der Waals surface area contributed by atoms with Crippen LogP contribution in [0.15, 0.2) is 12.3 Å². The molecule has 21 heavy (non-hydrogen) atoms. The fraction of sp³-hybridized carbons (Fsp3) is 0.786. The fourth-order valence-electron chi connectivity index (χ4n) is 2.83. The monoisotopic (exact) mass is 305 g/mol. The molecule has 1 aliphatic heterocycles. The first-order valence-electron chi connectivity index (χ1n) is 7.41. The number of halogens is 3. The molecule has 0 amide bonds. The lowest BCUT2D eigenvalue weighted by molar-refractivity contribution is -0.136. The highest BCUT2D eigenvalue weighted by Crippen LogP contribution is 2.27. The van der Waals surface area contributed by atoms with E-state index in [1.54, 1.807) is 4.68 Å². The van der Waals surface area contributed by atoms with Gasteiger partial charge in [0.2, 0.25) is 0 Å². The Hall–Kier alpha value is -1.08. The molecule has 7 heteroatoms. The number of rotatable bonds is 6. The summed E-state index contributed by atoms with van der Waals surface area (Å²) in [5.41, 5.74) is 0.976. The van der Waals surface area contributed by atoms with Crippen molar-refractivity contribution in [3.8, 4) is 0 Å². The average molecular weight is 305 g/mol. The first kappa shape index (κ1) is 16.3. The third-order valence-corrected chi connectivity index (χ3v) is 3.85. The van der Waals surface area contributed by atoms with Crippen LogP contribution < -0.4 is 0 Å². The van der Waals surface area contributed by atoms with Gasteiger partial charge in [0, 0.05) is 25.1 Å². The van der Waals surface area contributed by atoms with Gasteiger partial charge in [-0.3, -0.25) is 4.68 Å². The quantitative estimate of drug-likeness (QED) is 0.877. The number of hydrogen-bond acceptors (Lipinski definition) is 3. The van der Waals surface area contributed by atoms with Crippen LogP contribution in [0, 0.1) is 0 Å². The molecule has 0 aliphatic carbocycles. The predicted octanol–water partition coefficient (Wildman–Crippen LogP) is 2.40. The maximum Gasteiger partial charge on any atom is 0.389 e. The van der Waals surface area contributed by atoms with E-state index in [2.05, 4.69) is 10.00 Å². The van der Waals surface area contributed by atoms with E-state index in [1.807, 2.05) is 12.3 Å². The first-order chi connectivity index (χ1) is 9.98. The minimum Gasteiger partial charge on any atom is -0.394 e. The molecule has 1 aliphatic rings. The Balaban J connectivity index is 1.82. The molecule has 0 spiro atoms. The van der Waals surface area contributed by atoms with Gasteiger partial charge in [-0.15, -0.1) is 0 Å². The number of aliphatic hydroxyl groups excluding tert-OH is 1. The minimum absolute atomic E-state index is 0.0509. The summed E-state index contributed by atoms with van der Waals surface area (Å²) in [6.07, 6.45) is -0.754. The van der Waals surface area contributed by atoms with Crippen molar-refractivity contribution in [3.63, 3.8) is 0 Å². The molecule has 1 saturated heterocycles. The van der Waals surface area contributed by atoms with Gasteiger partial charge >= 0.3 is 6.18 Å². The number of nitrogens with zero attached hydrogens (tertiary/aromatic N) is 3.